The van der Waals surface area contributed by atoms with Crippen LogP contribution < -0.4 is 0 Å². The second-order valence-electron chi connectivity index (χ2n) is 0. The molecule has 0 aromatic heterocycles. The van der Waals surface area contributed by atoms with Crippen molar-refractivity contribution in [2.45, 2.75) is 0 Å². The van der Waals surface area contributed by atoms with Crippen molar-refractivity contribution in [3.8, 4) is 0 Å². The molecule has 0 radical (unpaired) electrons. The Balaban J connectivity index is -0.00000000500. The fourth-order valence-corrected chi connectivity index (χ4v) is 0. The van der Waals surface area contributed by atoms with Crippen LogP contribution >= 0.6 is 11.9 Å². The summed E-state index contributed by atoms with van der Waals surface area (Å²) in [6, 6.07) is 0. The Morgan fingerprint density at radius 3 is 1.25 bits per heavy atom. The Bertz CT molecular complexity index is 8.00. The largest absolute Gasteiger partial charge is 3.00 e. The van der Waals surface area contributed by atoms with Crippen LogP contribution in [0.4, 0.5) is 0 Å². The second-order valence-corrected chi connectivity index (χ2v) is 0. The summed E-state index contributed by atoms with van der Waals surface area (Å²) in [4.78, 5) is 0. The van der Waals surface area contributed by atoms with Gasteiger partial charge in [0.05, 0.1) is 11.9 Å². The quantitative estimate of drug-likeness (QED) is 0.498. The molecule has 0 aliphatic carbocycles. The molecule has 16 valence electrons. The maximum Gasteiger partial charge on any atom is 3.00 e. The van der Waals surface area contributed by atoms with Crippen LogP contribution in [0.3, 0.4) is 0 Å². The van der Waals surface area contributed by atoms with Gasteiger partial charge in [-0.05, 0) is 0 Å². The smallest absolute Gasteiger partial charge is 0.295 e. The number of rotatable bonds is 0. The summed E-state index contributed by atoms with van der Waals surface area (Å²) in [5, 5.41) is 0. The molecule has 0 saturated carbocycles. The van der Waals surface area contributed by atoms with Gasteiger partial charge in [-0.15, -0.1) is 0 Å². The van der Waals surface area contributed by atoms with E-state index >= 15 is 0 Å². The van der Waals surface area contributed by atoms with Crippen LogP contribution in [-0.4, -0.2) is 22.0 Å². The van der Waals surface area contributed by atoms with Crippen molar-refractivity contribution in [2.24, 2.45) is 0 Å². The number of hydrogen-bond donors (Lipinski definition) is 1. The van der Waals surface area contributed by atoms with Gasteiger partial charge in [-0.3, -0.25) is 4.66 Å². The molecule has 0 unspecified atom stereocenters. The monoisotopic (exact) mass is 169 g/mol. The molecule has 1 nitrogen and oxygen atoms in total. The molecule has 0 fully saturated rings. The SMILES string of the molecule is OCl.[Al+3].[Zr+2]. The van der Waals surface area contributed by atoms with Crippen molar-refractivity contribution in [3.63, 3.8) is 0 Å². The van der Waals surface area contributed by atoms with Gasteiger partial charge in [0.15, 0.2) is 0 Å². The number of hydrogen-bond acceptors (Lipinski definition) is 1. The van der Waals surface area contributed by atoms with Gasteiger partial charge in [-0.2, -0.15) is 0 Å². The molecule has 4 heavy (non-hydrogen) atoms. The first kappa shape index (κ1) is 17.4. The summed E-state index contributed by atoms with van der Waals surface area (Å²) in [6.45, 7) is 0. The third kappa shape index (κ3) is 9.39. The first-order chi connectivity index (χ1) is 1.00. The maximum atomic E-state index is 6.47. The molecule has 0 aromatic rings. The molecule has 0 aliphatic rings. The average Bonchev–Trinajstić information content (AvgIpc) is 1.00. The minimum Gasteiger partial charge on any atom is -0.295 e. The average molecular weight is 171 g/mol. The minimum absolute atomic E-state index is 0. The third-order valence-corrected chi connectivity index (χ3v) is 0. The van der Waals surface area contributed by atoms with Gasteiger partial charge in [0.2, 0.25) is 0 Å². The predicted molar refractivity (Wildman–Crippen MR) is 13.8 cm³/mol. The van der Waals surface area contributed by atoms with Crippen LogP contribution in [0.15, 0.2) is 0 Å². The van der Waals surface area contributed by atoms with E-state index in [0.29, 0.717) is 0 Å². The van der Waals surface area contributed by atoms with Crippen molar-refractivity contribution < 1.29 is 30.9 Å². The summed E-state index contributed by atoms with van der Waals surface area (Å²) in [5.41, 5.74) is 0. The van der Waals surface area contributed by atoms with Crippen LogP contribution in [0.25, 0.3) is 0 Å². The molecule has 0 heterocycles. The molecule has 0 aliphatic heterocycles. The maximum absolute atomic E-state index is 6.47. The van der Waals surface area contributed by atoms with Crippen molar-refractivity contribution in [3.05, 3.63) is 0 Å². The van der Waals surface area contributed by atoms with Crippen molar-refractivity contribution in [2.75, 3.05) is 0 Å². The van der Waals surface area contributed by atoms with E-state index in [1.807, 2.05) is 0 Å². The molecule has 0 amide bonds. The zero-order chi connectivity index (χ0) is 2.00. The van der Waals surface area contributed by atoms with Crippen molar-refractivity contribution in [1.29, 1.82) is 0 Å². The van der Waals surface area contributed by atoms with Crippen LogP contribution in [0.1, 0.15) is 0 Å². The molecule has 0 spiro atoms. The summed E-state index contributed by atoms with van der Waals surface area (Å²) in [5.74, 6) is 0. The normalized spacial score (nSPS) is 1.50. The summed E-state index contributed by atoms with van der Waals surface area (Å²) < 4.78 is 6.47. The van der Waals surface area contributed by atoms with Gasteiger partial charge in [0, 0.05) is 0 Å². The summed E-state index contributed by atoms with van der Waals surface area (Å²) >= 11 is 3.64. The topological polar surface area (TPSA) is 20.2 Å². The van der Waals surface area contributed by atoms with E-state index in [1.165, 1.54) is 0 Å². The van der Waals surface area contributed by atoms with E-state index in [1.54, 1.807) is 0 Å². The molecule has 0 atom stereocenters. The van der Waals surface area contributed by atoms with Crippen LogP contribution in [0.5, 0.6) is 0 Å². The molecule has 0 saturated heterocycles. The van der Waals surface area contributed by atoms with Gasteiger partial charge >= 0.3 is 43.6 Å². The van der Waals surface area contributed by atoms with Gasteiger partial charge in [-0.1, -0.05) is 0 Å². The Hall–Kier alpha value is 1.67. The molecule has 0 bridgehead atoms. The standard InChI is InChI=1S/Al.ClHO.Zr/c;1-2;/h;2H;/q+3;;+2. The van der Waals surface area contributed by atoms with Crippen LogP contribution in [0, 0.1) is 0 Å². The summed E-state index contributed by atoms with van der Waals surface area (Å²) in [7, 11) is 0. The van der Waals surface area contributed by atoms with Gasteiger partial charge in [0.25, 0.3) is 0 Å². The van der Waals surface area contributed by atoms with Crippen LogP contribution in [-0.2, 0) is 26.2 Å². The summed E-state index contributed by atoms with van der Waals surface area (Å²) in [6.07, 6.45) is 0. The fourth-order valence-electron chi connectivity index (χ4n) is 0. The van der Waals surface area contributed by atoms with Gasteiger partial charge < -0.3 is 0 Å². The van der Waals surface area contributed by atoms with Gasteiger partial charge in [0.1, 0.15) is 0 Å². The predicted octanol–water partition coefficient (Wildman–Crippen LogP) is -0.251. The minimum atomic E-state index is 0. The third-order valence-electron chi connectivity index (χ3n) is 0. The van der Waals surface area contributed by atoms with Crippen LogP contribution in [0.2, 0.25) is 0 Å². The first-order valence-electron chi connectivity index (χ1n) is 0.169. The molecule has 4 heteroatoms. The fraction of sp³-hybridized carbons (Fsp3) is 0. The zero-order valence-electron chi connectivity index (χ0n) is 1.90. The Kier molecular flexibility index (Phi) is 98.1. The van der Waals surface area contributed by atoms with E-state index in [4.69, 9.17) is 4.66 Å². The van der Waals surface area contributed by atoms with Crippen molar-refractivity contribution >= 4 is 29.2 Å². The first-order valence-corrected chi connectivity index (χ1v) is 0.507. The molecule has 1 N–H and O–H groups in total. The van der Waals surface area contributed by atoms with E-state index in [-0.39, 0.29) is 43.6 Å². The molecule has 0 aromatic carbocycles. The van der Waals surface area contributed by atoms with E-state index in [9.17, 15) is 0 Å². The Labute approximate surface area is 59.8 Å². The van der Waals surface area contributed by atoms with E-state index in [0.717, 1.165) is 0 Å². The Morgan fingerprint density at radius 2 is 1.25 bits per heavy atom. The molecular formula is HAlClOZr+5. The number of halogens is 1. The molecular weight excluding hydrogens is 170 g/mol. The van der Waals surface area contributed by atoms with E-state index < -0.39 is 0 Å². The van der Waals surface area contributed by atoms with Crippen molar-refractivity contribution in [1.82, 2.24) is 0 Å². The van der Waals surface area contributed by atoms with Gasteiger partial charge in [-0.25, -0.2) is 0 Å². The second kappa shape index (κ2) is 22.6. The zero-order valence-corrected chi connectivity index (χ0v) is 6.27. The Morgan fingerprint density at radius 1 is 1.25 bits per heavy atom. The van der Waals surface area contributed by atoms with E-state index in [2.05, 4.69) is 11.9 Å². The molecule has 0 rings (SSSR count).